The van der Waals surface area contributed by atoms with E-state index >= 15 is 0 Å². The number of nitrogens with one attached hydrogen (secondary N) is 1. The van der Waals surface area contributed by atoms with E-state index in [0.717, 1.165) is 18.3 Å². The molecule has 5 atom stereocenters. The second kappa shape index (κ2) is 5.31. The van der Waals surface area contributed by atoms with Crippen LogP contribution in [0.4, 0.5) is 0 Å². The van der Waals surface area contributed by atoms with Crippen LogP contribution in [0.1, 0.15) is 24.8 Å². The SMILES string of the molecule is O=C(NC(CCl)Cc1ccccc1)C1C2C3CCC(C3)C12. The van der Waals surface area contributed by atoms with Crippen molar-refractivity contribution in [1.82, 2.24) is 5.32 Å². The summed E-state index contributed by atoms with van der Waals surface area (Å²) in [6, 6.07) is 10.3. The Morgan fingerprint density at radius 1 is 1.19 bits per heavy atom. The van der Waals surface area contributed by atoms with E-state index in [1.807, 2.05) is 18.2 Å². The van der Waals surface area contributed by atoms with Crippen LogP contribution in [-0.2, 0) is 11.2 Å². The molecule has 1 aromatic carbocycles. The molecule has 3 saturated carbocycles. The summed E-state index contributed by atoms with van der Waals surface area (Å²) >= 11 is 6.06. The zero-order valence-corrected chi connectivity index (χ0v) is 12.9. The third-order valence-electron chi connectivity index (χ3n) is 5.90. The van der Waals surface area contributed by atoms with Crippen LogP contribution in [-0.4, -0.2) is 17.8 Å². The zero-order valence-electron chi connectivity index (χ0n) is 12.2. The molecule has 0 aromatic heterocycles. The molecule has 3 heteroatoms. The highest BCUT2D eigenvalue weighted by Crippen LogP contribution is 2.69. The van der Waals surface area contributed by atoms with Crippen LogP contribution in [0.15, 0.2) is 30.3 Å². The number of hydrogen-bond donors (Lipinski definition) is 1. The average molecular weight is 304 g/mol. The fourth-order valence-corrected chi connectivity index (χ4v) is 5.20. The lowest BCUT2D eigenvalue weighted by Crippen LogP contribution is -2.39. The number of alkyl halides is 1. The van der Waals surface area contributed by atoms with E-state index in [9.17, 15) is 4.79 Å². The minimum Gasteiger partial charge on any atom is -0.352 e. The molecule has 5 unspecified atom stereocenters. The molecular formula is C18H22ClNO. The first kappa shape index (κ1) is 13.6. The van der Waals surface area contributed by atoms with E-state index in [1.165, 1.54) is 24.8 Å². The van der Waals surface area contributed by atoms with Gasteiger partial charge in [0, 0.05) is 17.8 Å². The maximum atomic E-state index is 12.5. The van der Waals surface area contributed by atoms with Gasteiger partial charge in [0.05, 0.1) is 0 Å². The summed E-state index contributed by atoms with van der Waals surface area (Å²) in [7, 11) is 0. The molecule has 1 amide bonds. The van der Waals surface area contributed by atoms with Crippen molar-refractivity contribution in [3.05, 3.63) is 35.9 Å². The number of benzene rings is 1. The molecule has 1 aromatic rings. The van der Waals surface area contributed by atoms with Gasteiger partial charge in [0.25, 0.3) is 0 Å². The highest BCUT2D eigenvalue weighted by Gasteiger charge is 2.67. The van der Waals surface area contributed by atoms with Crippen LogP contribution >= 0.6 is 11.6 Å². The number of carbonyl (C=O) groups excluding carboxylic acids is 1. The maximum Gasteiger partial charge on any atom is 0.223 e. The van der Waals surface area contributed by atoms with Crippen molar-refractivity contribution in [3.8, 4) is 0 Å². The molecule has 3 aliphatic carbocycles. The molecular weight excluding hydrogens is 282 g/mol. The molecule has 0 radical (unpaired) electrons. The summed E-state index contributed by atoms with van der Waals surface area (Å²) in [5.74, 6) is 4.16. The highest BCUT2D eigenvalue weighted by atomic mass is 35.5. The Kier molecular flexibility index (Phi) is 3.45. The Morgan fingerprint density at radius 3 is 2.48 bits per heavy atom. The van der Waals surface area contributed by atoms with Gasteiger partial charge in [-0.1, -0.05) is 30.3 Å². The third-order valence-corrected chi connectivity index (χ3v) is 6.27. The molecule has 112 valence electrons. The topological polar surface area (TPSA) is 29.1 Å². The molecule has 2 nitrogen and oxygen atoms in total. The van der Waals surface area contributed by atoms with Crippen LogP contribution in [0.2, 0.25) is 0 Å². The lowest BCUT2D eigenvalue weighted by molar-refractivity contribution is -0.123. The number of fused-ring (bicyclic) bond motifs is 5. The van der Waals surface area contributed by atoms with Gasteiger partial charge in [-0.3, -0.25) is 4.79 Å². The van der Waals surface area contributed by atoms with Crippen LogP contribution in [0.5, 0.6) is 0 Å². The van der Waals surface area contributed by atoms with Gasteiger partial charge >= 0.3 is 0 Å². The van der Waals surface area contributed by atoms with E-state index in [4.69, 9.17) is 11.6 Å². The monoisotopic (exact) mass is 303 g/mol. The number of carbonyl (C=O) groups is 1. The summed E-state index contributed by atoms with van der Waals surface area (Å²) in [6.07, 6.45) is 4.93. The fourth-order valence-electron chi connectivity index (χ4n) is 5.02. The summed E-state index contributed by atoms with van der Waals surface area (Å²) in [6.45, 7) is 0. The van der Waals surface area contributed by atoms with Gasteiger partial charge in [0.15, 0.2) is 0 Å². The molecule has 0 aliphatic heterocycles. The number of hydrogen-bond acceptors (Lipinski definition) is 1. The molecule has 3 fully saturated rings. The average Bonchev–Trinajstić information content (AvgIpc) is 2.96. The summed E-state index contributed by atoms with van der Waals surface area (Å²) in [4.78, 5) is 12.5. The van der Waals surface area contributed by atoms with E-state index in [1.54, 1.807) is 0 Å². The molecule has 0 heterocycles. The minimum atomic E-state index is 0.0561. The van der Waals surface area contributed by atoms with Crippen LogP contribution in [0.25, 0.3) is 0 Å². The fraction of sp³-hybridized carbons (Fsp3) is 0.611. The van der Waals surface area contributed by atoms with E-state index in [-0.39, 0.29) is 11.9 Å². The molecule has 1 N–H and O–H groups in total. The van der Waals surface area contributed by atoms with Crippen molar-refractivity contribution in [1.29, 1.82) is 0 Å². The standard InChI is InChI=1S/C18H22ClNO/c19-10-14(8-11-4-2-1-3-5-11)20-18(21)17-15-12-6-7-13(9-12)16(15)17/h1-5,12-17H,6-10H2,(H,20,21). The van der Waals surface area contributed by atoms with Gasteiger partial charge in [0.2, 0.25) is 5.91 Å². The van der Waals surface area contributed by atoms with Gasteiger partial charge in [-0.05, 0) is 54.9 Å². The van der Waals surface area contributed by atoms with Crippen molar-refractivity contribution in [2.24, 2.45) is 29.6 Å². The number of halogens is 1. The molecule has 3 aliphatic rings. The predicted molar refractivity (Wildman–Crippen MR) is 84.1 cm³/mol. The van der Waals surface area contributed by atoms with Gasteiger partial charge in [-0.25, -0.2) is 0 Å². The lowest BCUT2D eigenvalue weighted by atomic mass is 10.0. The Balaban J connectivity index is 1.36. The van der Waals surface area contributed by atoms with E-state index in [0.29, 0.717) is 23.6 Å². The van der Waals surface area contributed by atoms with Crippen molar-refractivity contribution in [3.63, 3.8) is 0 Å². The Hall–Kier alpha value is -1.02. The third kappa shape index (κ3) is 2.38. The molecule has 0 saturated heterocycles. The zero-order chi connectivity index (χ0) is 14.4. The second-order valence-electron chi connectivity index (χ2n) is 7.06. The Bertz CT molecular complexity index is 515. The van der Waals surface area contributed by atoms with Crippen molar-refractivity contribution < 1.29 is 4.79 Å². The molecule has 0 spiro atoms. The highest BCUT2D eigenvalue weighted by molar-refractivity contribution is 6.18. The van der Waals surface area contributed by atoms with Crippen molar-refractivity contribution in [2.75, 3.05) is 5.88 Å². The first-order chi connectivity index (χ1) is 10.3. The quantitative estimate of drug-likeness (QED) is 0.831. The van der Waals surface area contributed by atoms with Crippen LogP contribution in [0.3, 0.4) is 0 Å². The van der Waals surface area contributed by atoms with E-state index in [2.05, 4.69) is 17.4 Å². The second-order valence-corrected chi connectivity index (χ2v) is 7.37. The van der Waals surface area contributed by atoms with Gasteiger partial charge in [-0.15, -0.1) is 11.6 Å². The predicted octanol–water partition coefficient (Wildman–Crippen LogP) is 3.24. The van der Waals surface area contributed by atoms with Gasteiger partial charge < -0.3 is 5.32 Å². The largest absolute Gasteiger partial charge is 0.352 e. The summed E-state index contributed by atoms with van der Waals surface area (Å²) < 4.78 is 0. The smallest absolute Gasteiger partial charge is 0.223 e. The summed E-state index contributed by atoms with van der Waals surface area (Å²) in [5.41, 5.74) is 1.24. The Morgan fingerprint density at radius 2 is 1.86 bits per heavy atom. The van der Waals surface area contributed by atoms with Crippen molar-refractivity contribution in [2.45, 2.75) is 31.7 Å². The minimum absolute atomic E-state index is 0.0561. The van der Waals surface area contributed by atoms with E-state index < -0.39 is 0 Å². The lowest BCUT2D eigenvalue weighted by Gasteiger charge is -2.17. The van der Waals surface area contributed by atoms with Crippen molar-refractivity contribution >= 4 is 17.5 Å². The Labute approximate surface area is 131 Å². The van der Waals surface area contributed by atoms with Crippen LogP contribution < -0.4 is 5.32 Å². The normalized spacial score (nSPS) is 37.1. The maximum absolute atomic E-state index is 12.5. The molecule has 21 heavy (non-hydrogen) atoms. The molecule has 4 rings (SSSR count). The first-order valence-electron chi connectivity index (χ1n) is 8.18. The van der Waals surface area contributed by atoms with Gasteiger partial charge in [-0.2, -0.15) is 0 Å². The summed E-state index contributed by atoms with van der Waals surface area (Å²) in [5, 5.41) is 3.20. The number of rotatable bonds is 5. The van der Waals surface area contributed by atoms with Gasteiger partial charge in [0.1, 0.15) is 0 Å². The first-order valence-corrected chi connectivity index (χ1v) is 8.71. The molecule has 2 bridgehead atoms. The van der Waals surface area contributed by atoms with Crippen LogP contribution in [0, 0.1) is 29.6 Å². The number of amides is 1.